The number of hydrogen-bond acceptors (Lipinski definition) is 6. The van der Waals surface area contributed by atoms with Crippen LogP contribution >= 0.6 is 11.3 Å². The number of thiazole rings is 1. The summed E-state index contributed by atoms with van der Waals surface area (Å²) in [6, 6.07) is 0. The van der Waals surface area contributed by atoms with Crippen LogP contribution in [-0.4, -0.2) is 34.2 Å². The first kappa shape index (κ1) is 15.7. The molecule has 23 heavy (non-hydrogen) atoms. The summed E-state index contributed by atoms with van der Waals surface area (Å²) >= 11 is 1.24. The molecule has 1 aliphatic rings. The highest BCUT2D eigenvalue weighted by molar-refractivity contribution is 7.16. The summed E-state index contributed by atoms with van der Waals surface area (Å²) in [5.74, 6) is -0.803. The summed E-state index contributed by atoms with van der Waals surface area (Å²) in [7, 11) is 1.30. The van der Waals surface area contributed by atoms with E-state index in [0.717, 1.165) is 43.4 Å². The Morgan fingerprint density at radius 2 is 2.00 bits per heavy atom. The average Bonchev–Trinajstić information content (AvgIpc) is 3.02. The summed E-state index contributed by atoms with van der Waals surface area (Å²) in [6.45, 7) is 1.76. The van der Waals surface area contributed by atoms with Gasteiger partial charge in [0.05, 0.1) is 7.11 Å². The van der Waals surface area contributed by atoms with E-state index in [1.54, 1.807) is 6.92 Å². The Balaban J connectivity index is 1.80. The maximum absolute atomic E-state index is 12.5. The van der Waals surface area contributed by atoms with Crippen LogP contribution in [0.2, 0.25) is 0 Å². The van der Waals surface area contributed by atoms with Crippen LogP contribution in [0.1, 0.15) is 56.4 Å². The van der Waals surface area contributed by atoms with Gasteiger partial charge in [-0.25, -0.2) is 9.78 Å². The summed E-state index contributed by atoms with van der Waals surface area (Å²) in [4.78, 5) is 28.9. The SMILES string of the molecule is COC(=O)c1nc(NC(=O)c2n[nH]c3c2CCCCC3)sc1C. The fourth-order valence-corrected chi connectivity index (χ4v) is 3.53. The number of anilines is 1. The van der Waals surface area contributed by atoms with Crippen molar-refractivity contribution in [2.24, 2.45) is 0 Å². The lowest BCUT2D eigenvalue weighted by Crippen LogP contribution is -2.15. The van der Waals surface area contributed by atoms with Gasteiger partial charge in [-0.15, -0.1) is 11.3 Å². The summed E-state index contributed by atoms with van der Waals surface area (Å²) in [6.07, 6.45) is 5.13. The van der Waals surface area contributed by atoms with Crippen LogP contribution in [0.5, 0.6) is 0 Å². The fraction of sp³-hybridized carbons (Fsp3) is 0.467. The number of aryl methyl sites for hydroxylation is 2. The van der Waals surface area contributed by atoms with Crippen LogP contribution in [0.4, 0.5) is 5.13 Å². The highest BCUT2D eigenvalue weighted by atomic mass is 32.1. The Morgan fingerprint density at radius 1 is 1.22 bits per heavy atom. The molecular formula is C15H18N4O3S. The van der Waals surface area contributed by atoms with E-state index in [0.29, 0.717) is 15.7 Å². The van der Waals surface area contributed by atoms with Crippen LogP contribution in [0.25, 0.3) is 0 Å². The van der Waals surface area contributed by atoms with E-state index >= 15 is 0 Å². The number of nitrogens with one attached hydrogen (secondary N) is 2. The maximum Gasteiger partial charge on any atom is 0.357 e. The zero-order chi connectivity index (χ0) is 16.4. The molecule has 3 rings (SSSR count). The highest BCUT2D eigenvalue weighted by Crippen LogP contribution is 2.25. The smallest absolute Gasteiger partial charge is 0.357 e. The minimum absolute atomic E-state index is 0.230. The van der Waals surface area contributed by atoms with Crippen molar-refractivity contribution in [2.45, 2.75) is 39.0 Å². The number of rotatable bonds is 3. The second-order valence-corrected chi connectivity index (χ2v) is 6.66. The molecule has 122 valence electrons. The van der Waals surface area contributed by atoms with Crippen LogP contribution in [-0.2, 0) is 17.6 Å². The Kier molecular flexibility index (Phi) is 4.42. The van der Waals surface area contributed by atoms with Gasteiger partial charge < -0.3 is 4.74 Å². The van der Waals surface area contributed by atoms with E-state index in [2.05, 4.69) is 25.2 Å². The van der Waals surface area contributed by atoms with Gasteiger partial charge >= 0.3 is 5.97 Å². The maximum atomic E-state index is 12.5. The molecule has 7 nitrogen and oxygen atoms in total. The third-order valence-electron chi connectivity index (χ3n) is 3.92. The second kappa shape index (κ2) is 6.49. The molecule has 8 heteroatoms. The zero-order valence-corrected chi connectivity index (χ0v) is 13.9. The lowest BCUT2D eigenvalue weighted by atomic mass is 10.1. The second-order valence-electron chi connectivity index (χ2n) is 5.46. The molecule has 0 fully saturated rings. The van der Waals surface area contributed by atoms with Crippen molar-refractivity contribution in [1.29, 1.82) is 0 Å². The summed E-state index contributed by atoms with van der Waals surface area (Å²) in [5, 5.41) is 10.2. The molecule has 0 radical (unpaired) electrons. The molecule has 0 atom stereocenters. The van der Waals surface area contributed by atoms with Crippen LogP contribution in [0.3, 0.4) is 0 Å². The van der Waals surface area contributed by atoms with Gasteiger partial charge in [-0.2, -0.15) is 5.10 Å². The van der Waals surface area contributed by atoms with Crippen LogP contribution in [0, 0.1) is 6.92 Å². The minimum atomic E-state index is -0.507. The number of ether oxygens (including phenoxy) is 1. The van der Waals surface area contributed by atoms with Crippen LogP contribution in [0.15, 0.2) is 0 Å². The first-order valence-corrected chi connectivity index (χ1v) is 8.35. The first-order chi connectivity index (χ1) is 11.1. The average molecular weight is 334 g/mol. The van der Waals surface area contributed by atoms with Crippen LogP contribution < -0.4 is 5.32 Å². The molecule has 0 saturated heterocycles. The molecule has 0 unspecified atom stereocenters. The number of nitrogens with zero attached hydrogens (tertiary/aromatic N) is 2. The third kappa shape index (κ3) is 3.12. The van der Waals surface area contributed by atoms with Crippen molar-refractivity contribution in [2.75, 3.05) is 12.4 Å². The number of fused-ring (bicyclic) bond motifs is 1. The van der Waals surface area contributed by atoms with Gasteiger partial charge in [-0.05, 0) is 32.6 Å². The van der Waals surface area contributed by atoms with Crippen molar-refractivity contribution >= 4 is 28.3 Å². The van der Waals surface area contributed by atoms with E-state index in [1.165, 1.54) is 18.4 Å². The molecule has 0 spiro atoms. The molecule has 0 bridgehead atoms. The summed E-state index contributed by atoms with van der Waals surface area (Å²) < 4.78 is 4.67. The largest absolute Gasteiger partial charge is 0.464 e. The van der Waals surface area contributed by atoms with E-state index in [-0.39, 0.29) is 11.6 Å². The third-order valence-corrected chi connectivity index (χ3v) is 4.80. The van der Waals surface area contributed by atoms with E-state index in [1.807, 2.05) is 0 Å². The zero-order valence-electron chi connectivity index (χ0n) is 13.1. The topological polar surface area (TPSA) is 97.0 Å². The molecule has 2 aromatic heterocycles. The Bertz CT molecular complexity index is 750. The lowest BCUT2D eigenvalue weighted by molar-refractivity contribution is 0.0594. The number of methoxy groups -OCH3 is 1. The Hall–Kier alpha value is -2.22. The monoisotopic (exact) mass is 334 g/mol. The summed E-state index contributed by atoms with van der Waals surface area (Å²) in [5.41, 5.74) is 2.71. The molecular weight excluding hydrogens is 316 g/mol. The minimum Gasteiger partial charge on any atom is -0.464 e. The molecule has 2 aromatic rings. The fourth-order valence-electron chi connectivity index (χ4n) is 2.74. The van der Waals surface area contributed by atoms with Gasteiger partial charge in [-0.1, -0.05) is 6.42 Å². The standard InChI is InChI=1S/C15H18N4O3S/c1-8-11(14(21)22-2)16-15(23-8)17-13(20)12-9-6-4-3-5-7-10(9)18-19-12/h3-7H2,1-2H3,(H,18,19)(H,16,17,20). The van der Waals surface area contributed by atoms with Crippen molar-refractivity contribution < 1.29 is 14.3 Å². The number of carbonyl (C=O) groups is 2. The van der Waals surface area contributed by atoms with E-state index < -0.39 is 5.97 Å². The normalized spacial score (nSPS) is 14.0. The van der Waals surface area contributed by atoms with E-state index in [9.17, 15) is 9.59 Å². The van der Waals surface area contributed by atoms with Gasteiger partial charge in [-0.3, -0.25) is 15.2 Å². The Morgan fingerprint density at radius 3 is 2.78 bits per heavy atom. The van der Waals surface area contributed by atoms with Gasteiger partial charge in [0, 0.05) is 16.1 Å². The van der Waals surface area contributed by atoms with Crippen molar-refractivity contribution in [3.8, 4) is 0 Å². The Labute approximate surface area is 137 Å². The van der Waals surface area contributed by atoms with E-state index in [4.69, 9.17) is 0 Å². The quantitative estimate of drug-likeness (QED) is 0.664. The molecule has 1 amide bonds. The van der Waals surface area contributed by atoms with Crippen molar-refractivity contribution in [3.63, 3.8) is 0 Å². The number of carbonyl (C=O) groups excluding carboxylic acids is 2. The number of esters is 1. The molecule has 2 heterocycles. The van der Waals surface area contributed by atoms with Gasteiger partial charge in [0.2, 0.25) is 0 Å². The number of amides is 1. The lowest BCUT2D eigenvalue weighted by Gasteiger charge is -2.02. The number of aromatic amines is 1. The predicted octanol–water partition coefficient (Wildman–Crippen LogP) is 2.48. The van der Waals surface area contributed by atoms with Gasteiger partial charge in [0.25, 0.3) is 5.91 Å². The first-order valence-electron chi connectivity index (χ1n) is 7.53. The molecule has 0 aromatic carbocycles. The number of aromatic nitrogens is 3. The van der Waals surface area contributed by atoms with Gasteiger partial charge in [0.15, 0.2) is 16.5 Å². The number of H-pyrrole nitrogens is 1. The van der Waals surface area contributed by atoms with Gasteiger partial charge in [0.1, 0.15) is 0 Å². The highest BCUT2D eigenvalue weighted by Gasteiger charge is 2.23. The molecule has 0 saturated carbocycles. The molecule has 0 aliphatic heterocycles. The number of hydrogen-bond donors (Lipinski definition) is 2. The predicted molar refractivity (Wildman–Crippen MR) is 86.0 cm³/mol. The van der Waals surface area contributed by atoms with Crippen molar-refractivity contribution in [1.82, 2.24) is 15.2 Å². The molecule has 1 aliphatic carbocycles. The molecule has 2 N–H and O–H groups in total. The van der Waals surface area contributed by atoms with Crippen molar-refractivity contribution in [3.05, 3.63) is 27.5 Å².